The van der Waals surface area contributed by atoms with Crippen molar-refractivity contribution in [2.45, 2.75) is 25.7 Å². The zero-order valence-corrected chi connectivity index (χ0v) is 12.8. The normalized spacial score (nSPS) is 11.8. The Bertz CT molecular complexity index is 452. The Balaban J connectivity index is 2.79. The van der Waals surface area contributed by atoms with Crippen molar-refractivity contribution >= 4 is 11.8 Å². The Morgan fingerprint density at radius 2 is 1.81 bits per heavy atom. The zero-order valence-electron chi connectivity index (χ0n) is 12.8. The van der Waals surface area contributed by atoms with Gasteiger partial charge in [-0.1, -0.05) is 25.5 Å². The number of carbonyl (C=O) groups excluding carboxylic acids is 2. The van der Waals surface area contributed by atoms with Crippen molar-refractivity contribution in [2.24, 2.45) is 0 Å². The van der Waals surface area contributed by atoms with Crippen molar-refractivity contribution in [3.63, 3.8) is 0 Å². The summed E-state index contributed by atoms with van der Waals surface area (Å²) in [6, 6.07) is 6.78. The molecule has 0 aliphatic heterocycles. The molecule has 1 aromatic rings. The van der Waals surface area contributed by atoms with Crippen molar-refractivity contribution < 1.29 is 23.8 Å². The van der Waals surface area contributed by atoms with Gasteiger partial charge in [0, 0.05) is 6.61 Å². The summed E-state index contributed by atoms with van der Waals surface area (Å²) >= 11 is 0. The monoisotopic (exact) mass is 294 g/mol. The molecular weight excluding hydrogens is 272 g/mol. The third-order valence-electron chi connectivity index (χ3n) is 3.09. The summed E-state index contributed by atoms with van der Waals surface area (Å²) in [7, 11) is 2.82. The predicted octanol–water partition coefficient (Wildman–Crippen LogP) is 2.34. The smallest absolute Gasteiger partial charge is 0.320 e. The van der Waals surface area contributed by atoms with E-state index in [1.165, 1.54) is 7.11 Å². The molecule has 0 amide bonds. The van der Waals surface area contributed by atoms with Crippen LogP contribution >= 0.6 is 0 Å². The maximum absolute atomic E-state index is 12.2. The number of benzene rings is 1. The molecule has 0 heterocycles. The van der Waals surface area contributed by atoms with Crippen LogP contribution in [0.3, 0.4) is 0 Å². The van der Waals surface area contributed by atoms with Gasteiger partial charge in [-0.15, -0.1) is 0 Å². The molecule has 1 aromatic carbocycles. The fourth-order valence-electron chi connectivity index (χ4n) is 1.87. The Morgan fingerprint density at radius 3 is 2.33 bits per heavy atom. The lowest BCUT2D eigenvalue weighted by atomic mass is 9.95. The van der Waals surface area contributed by atoms with E-state index >= 15 is 0 Å². The van der Waals surface area contributed by atoms with E-state index in [-0.39, 0.29) is 12.4 Å². The van der Waals surface area contributed by atoms with Gasteiger partial charge in [0.2, 0.25) is 0 Å². The van der Waals surface area contributed by atoms with E-state index in [1.54, 1.807) is 31.4 Å². The summed E-state index contributed by atoms with van der Waals surface area (Å²) in [6.45, 7) is 2.46. The molecule has 0 radical (unpaired) electrons. The molecule has 5 nitrogen and oxygen atoms in total. The minimum atomic E-state index is -0.956. The zero-order chi connectivity index (χ0) is 15.7. The van der Waals surface area contributed by atoms with E-state index in [0.29, 0.717) is 17.9 Å². The minimum Gasteiger partial charge on any atom is -0.497 e. The summed E-state index contributed by atoms with van der Waals surface area (Å²) in [4.78, 5) is 24.1. The predicted molar refractivity (Wildman–Crippen MR) is 78.5 cm³/mol. The number of hydrogen-bond acceptors (Lipinski definition) is 5. The number of carbonyl (C=O) groups is 2. The summed E-state index contributed by atoms with van der Waals surface area (Å²) < 4.78 is 15.1. The highest BCUT2D eigenvalue weighted by molar-refractivity contribution is 6.05. The molecule has 0 N–H and O–H groups in total. The van der Waals surface area contributed by atoms with Crippen molar-refractivity contribution in [1.29, 1.82) is 0 Å². The van der Waals surface area contributed by atoms with E-state index in [0.717, 1.165) is 12.8 Å². The third kappa shape index (κ3) is 5.19. The lowest BCUT2D eigenvalue weighted by molar-refractivity contribution is -0.146. The molecule has 0 spiro atoms. The molecule has 0 aliphatic carbocycles. The van der Waals surface area contributed by atoms with Crippen molar-refractivity contribution in [3.05, 3.63) is 29.8 Å². The fraction of sp³-hybridized carbons (Fsp3) is 0.500. The van der Waals surface area contributed by atoms with Crippen molar-refractivity contribution in [3.8, 4) is 5.75 Å². The minimum absolute atomic E-state index is 0.0915. The molecule has 1 rings (SSSR count). The largest absolute Gasteiger partial charge is 0.497 e. The van der Waals surface area contributed by atoms with Crippen molar-refractivity contribution in [1.82, 2.24) is 0 Å². The Labute approximate surface area is 125 Å². The van der Waals surface area contributed by atoms with Crippen LogP contribution in [0.4, 0.5) is 0 Å². The quantitative estimate of drug-likeness (QED) is 0.397. The number of ketones is 1. The van der Waals surface area contributed by atoms with Crippen LogP contribution in [0.1, 0.15) is 31.2 Å². The summed E-state index contributed by atoms with van der Waals surface area (Å²) in [5.74, 6) is -1.18. The first-order chi connectivity index (χ1) is 10.1. The number of ether oxygens (including phenoxy) is 3. The standard InChI is InChI=1S/C16H22O5/c1-4-5-10-21-11-14(17)15(16(18)20-3)12-6-8-13(19-2)9-7-12/h6-9,15H,4-5,10-11H2,1-3H3. The van der Waals surface area contributed by atoms with E-state index in [4.69, 9.17) is 14.2 Å². The van der Waals surface area contributed by atoms with Crippen LogP contribution in [-0.4, -0.2) is 39.2 Å². The summed E-state index contributed by atoms with van der Waals surface area (Å²) in [5.41, 5.74) is 0.576. The molecule has 0 bridgehead atoms. The molecule has 1 unspecified atom stereocenters. The lowest BCUT2D eigenvalue weighted by Crippen LogP contribution is -2.26. The van der Waals surface area contributed by atoms with E-state index in [1.807, 2.05) is 6.92 Å². The number of methoxy groups -OCH3 is 2. The number of esters is 1. The van der Waals surface area contributed by atoms with Gasteiger partial charge in [0.05, 0.1) is 14.2 Å². The Hall–Kier alpha value is -1.88. The van der Waals surface area contributed by atoms with Gasteiger partial charge >= 0.3 is 5.97 Å². The molecule has 116 valence electrons. The topological polar surface area (TPSA) is 61.8 Å². The second-order valence-corrected chi connectivity index (χ2v) is 4.60. The SMILES string of the molecule is CCCCOCC(=O)C(C(=O)OC)c1ccc(OC)cc1. The van der Waals surface area contributed by atoms with Gasteiger partial charge in [0.25, 0.3) is 0 Å². The van der Waals surface area contributed by atoms with Crippen LogP contribution in [-0.2, 0) is 19.1 Å². The van der Waals surface area contributed by atoms with Gasteiger partial charge in [-0.3, -0.25) is 9.59 Å². The number of Topliss-reactive ketones (excluding diaryl/α,β-unsaturated/α-hetero) is 1. The van der Waals surface area contributed by atoms with Crippen LogP contribution in [0, 0.1) is 0 Å². The summed E-state index contributed by atoms with van der Waals surface area (Å²) in [6.07, 6.45) is 1.88. The van der Waals surface area contributed by atoms with Gasteiger partial charge < -0.3 is 14.2 Å². The molecule has 0 saturated carbocycles. The maximum atomic E-state index is 12.2. The average Bonchev–Trinajstić information content (AvgIpc) is 2.52. The van der Waals surface area contributed by atoms with Gasteiger partial charge in [0.15, 0.2) is 5.78 Å². The first-order valence-corrected chi connectivity index (χ1v) is 6.96. The van der Waals surface area contributed by atoms with E-state index in [2.05, 4.69) is 0 Å². The Kier molecular flexibility index (Phi) is 7.46. The highest BCUT2D eigenvalue weighted by Gasteiger charge is 2.29. The van der Waals surface area contributed by atoms with Crippen molar-refractivity contribution in [2.75, 3.05) is 27.4 Å². The second-order valence-electron chi connectivity index (χ2n) is 4.60. The maximum Gasteiger partial charge on any atom is 0.320 e. The van der Waals surface area contributed by atoms with Crippen LogP contribution in [0.15, 0.2) is 24.3 Å². The molecule has 5 heteroatoms. The molecular formula is C16H22O5. The van der Waals surface area contributed by atoms with Crippen LogP contribution in [0.5, 0.6) is 5.75 Å². The average molecular weight is 294 g/mol. The molecule has 0 saturated heterocycles. The molecule has 21 heavy (non-hydrogen) atoms. The highest BCUT2D eigenvalue weighted by atomic mass is 16.5. The molecule has 0 aromatic heterocycles. The molecule has 0 fully saturated rings. The summed E-state index contributed by atoms with van der Waals surface area (Å²) in [5, 5.41) is 0. The molecule has 1 atom stereocenters. The first kappa shape index (κ1) is 17.2. The van der Waals surface area contributed by atoms with Crippen LogP contribution in [0.25, 0.3) is 0 Å². The first-order valence-electron chi connectivity index (χ1n) is 6.96. The van der Waals surface area contributed by atoms with Gasteiger partial charge in [-0.25, -0.2) is 0 Å². The van der Waals surface area contributed by atoms with Crippen LogP contribution in [0.2, 0.25) is 0 Å². The van der Waals surface area contributed by atoms with Crippen LogP contribution < -0.4 is 4.74 Å². The second kappa shape index (κ2) is 9.13. The van der Waals surface area contributed by atoms with Gasteiger partial charge in [-0.05, 0) is 24.1 Å². The molecule has 0 aliphatic rings. The third-order valence-corrected chi connectivity index (χ3v) is 3.09. The van der Waals surface area contributed by atoms with Gasteiger partial charge in [0.1, 0.15) is 18.3 Å². The van der Waals surface area contributed by atoms with E-state index in [9.17, 15) is 9.59 Å². The Morgan fingerprint density at radius 1 is 1.14 bits per heavy atom. The van der Waals surface area contributed by atoms with Gasteiger partial charge in [-0.2, -0.15) is 0 Å². The van der Waals surface area contributed by atoms with E-state index < -0.39 is 11.9 Å². The number of rotatable bonds is 9. The lowest BCUT2D eigenvalue weighted by Gasteiger charge is -2.14. The fourth-order valence-corrected chi connectivity index (χ4v) is 1.87. The number of hydrogen-bond donors (Lipinski definition) is 0. The highest BCUT2D eigenvalue weighted by Crippen LogP contribution is 2.22. The number of unbranched alkanes of at least 4 members (excludes halogenated alkanes) is 1.